The van der Waals surface area contributed by atoms with E-state index in [1.165, 1.54) is 0 Å². The molecular weight excluding hydrogens is 246 g/mol. The van der Waals surface area contributed by atoms with E-state index in [0.717, 1.165) is 12.1 Å². The molecule has 1 aromatic rings. The van der Waals surface area contributed by atoms with E-state index in [2.05, 4.69) is 5.32 Å². The predicted octanol–water partition coefficient (Wildman–Crippen LogP) is 0.110. The molecular formula is C11H8F2N2O3. The van der Waals surface area contributed by atoms with Gasteiger partial charge in [-0.3, -0.25) is 19.7 Å². The van der Waals surface area contributed by atoms with Crippen LogP contribution in [0.5, 0.6) is 0 Å². The third-order valence-corrected chi connectivity index (χ3v) is 2.45. The average Bonchev–Trinajstić information content (AvgIpc) is 2.57. The lowest BCUT2D eigenvalue weighted by atomic mass is 10.1. The van der Waals surface area contributed by atoms with Crippen molar-refractivity contribution >= 4 is 17.7 Å². The number of nitrogens with one attached hydrogen (secondary N) is 2. The molecule has 1 fully saturated rings. The molecule has 1 aliphatic rings. The summed E-state index contributed by atoms with van der Waals surface area (Å²) in [6, 6.07) is 1.44. The molecule has 3 amide bonds. The van der Waals surface area contributed by atoms with Gasteiger partial charge in [-0.1, -0.05) is 0 Å². The summed E-state index contributed by atoms with van der Waals surface area (Å²) in [5.74, 6) is -3.86. The highest BCUT2D eigenvalue weighted by Gasteiger charge is 2.32. The summed E-state index contributed by atoms with van der Waals surface area (Å²) in [5, 5.41) is 4.20. The van der Waals surface area contributed by atoms with Crippen molar-refractivity contribution in [2.24, 2.45) is 0 Å². The zero-order valence-electron chi connectivity index (χ0n) is 9.00. The molecule has 2 N–H and O–H groups in total. The van der Waals surface area contributed by atoms with Crippen LogP contribution < -0.4 is 10.6 Å². The Kier molecular flexibility index (Phi) is 3.05. The number of hydrogen-bond donors (Lipinski definition) is 2. The van der Waals surface area contributed by atoms with Crippen molar-refractivity contribution in [3.05, 3.63) is 35.4 Å². The second-order valence-corrected chi connectivity index (χ2v) is 3.77. The Morgan fingerprint density at radius 3 is 2.61 bits per heavy atom. The van der Waals surface area contributed by atoms with Crippen molar-refractivity contribution in [1.29, 1.82) is 0 Å². The van der Waals surface area contributed by atoms with Crippen LogP contribution in [-0.4, -0.2) is 23.8 Å². The van der Waals surface area contributed by atoms with E-state index in [1.54, 1.807) is 0 Å². The van der Waals surface area contributed by atoms with Crippen LogP contribution >= 0.6 is 0 Å². The van der Waals surface area contributed by atoms with Gasteiger partial charge in [-0.05, 0) is 12.1 Å². The summed E-state index contributed by atoms with van der Waals surface area (Å²) in [6.45, 7) is 0. The summed E-state index contributed by atoms with van der Waals surface area (Å²) >= 11 is 0. The fraction of sp³-hybridized carbons (Fsp3) is 0.182. The first-order valence-electron chi connectivity index (χ1n) is 5.07. The number of hydrogen-bond acceptors (Lipinski definition) is 3. The van der Waals surface area contributed by atoms with Gasteiger partial charge in [0, 0.05) is 6.07 Å². The van der Waals surface area contributed by atoms with Gasteiger partial charge in [0.2, 0.25) is 11.8 Å². The van der Waals surface area contributed by atoms with Crippen molar-refractivity contribution in [2.75, 3.05) is 0 Å². The topological polar surface area (TPSA) is 75.3 Å². The normalized spacial score (nSPS) is 18.7. The van der Waals surface area contributed by atoms with Crippen molar-refractivity contribution in [2.45, 2.75) is 12.5 Å². The fourth-order valence-corrected chi connectivity index (χ4v) is 1.58. The lowest BCUT2D eigenvalue weighted by molar-refractivity contribution is -0.125. The molecule has 0 spiro atoms. The van der Waals surface area contributed by atoms with E-state index in [4.69, 9.17) is 0 Å². The molecule has 1 heterocycles. The summed E-state index contributed by atoms with van der Waals surface area (Å²) in [6.07, 6.45) is -0.187. The van der Waals surface area contributed by atoms with Crippen LogP contribution in [0.15, 0.2) is 18.2 Å². The number of halogens is 2. The Labute approximate surface area is 100 Å². The van der Waals surface area contributed by atoms with Gasteiger partial charge < -0.3 is 5.32 Å². The number of carbonyl (C=O) groups is 3. The van der Waals surface area contributed by atoms with E-state index in [-0.39, 0.29) is 12.0 Å². The van der Waals surface area contributed by atoms with Crippen molar-refractivity contribution < 1.29 is 23.2 Å². The van der Waals surface area contributed by atoms with Crippen LogP contribution in [0.3, 0.4) is 0 Å². The van der Waals surface area contributed by atoms with Gasteiger partial charge in [0.1, 0.15) is 17.7 Å². The van der Waals surface area contributed by atoms with Crippen LogP contribution in [0.4, 0.5) is 8.78 Å². The monoisotopic (exact) mass is 254 g/mol. The quantitative estimate of drug-likeness (QED) is 0.735. The van der Waals surface area contributed by atoms with Crippen LogP contribution in [0, 0.1) is 11.6 Å². The predicted molar refractivity (Wildman–Crippen MR) is 55.4 cm³/mol. The molecule has 18 heavy (non-hydrogen) atoms. The summed E-state index contributed by atoms with van der Waals surface area (Å²) in [7, 11) is 0. The van der Waals surface area contributed by atoms with E-state index in [0.29, 0.717) is 6.07 Å². The summed E-state index contributed by atoms with van der Waals surface area (Å²) in [5.41, 5.74) is -0.386. The maximum atomic E-state index is 13.3. The Morgan fingerprint density at radius 2 is 2.06 bits per heavy atom. The van der Waals surface area contributed by atoms with Crippen LogP contribution in [0.2, 0.25) is 0 Å². The van der Waals surface area contributed by atoms with E-state index in [9.17, 15) is 23.2 Å². The van der Waals surface area contributed by atoms with Crippen molar-refractivity contribution in [1.82, 2.24) is 10.6 Å². The van der Waals surface area contributed by atoms with Gasteiger partial charge >= 0.3 is 0 Å². The zero-order valence-corrected chi connectivity index (χ0v) is 9.00. The van der Waals surface area contributed by atoms with E-state index in [1.807, 2.05) is 5.32 Å². The van der Waals surface area contributed by atoms with Gasteiger partial charge in [0.05, 0.1) is 12.0 Å². The van der Waals surface area contributed by atoms with Crippen LogP contribution in [0.25, 0.3) is 0 Å². The molecule has 5 nitrogen and oxygen atoms in total. The highest BCUT2D eigenvalue weighted by Crippen LogP contribution is 2.10. The largest absolute Gasteiger partial charge is 0.340 e. The first-order chi connectivity index (χ1) is 8.47. The molecule has 1 aromatic carbocycles. The average molecular weight is 254 g/mol. The number of rotatable bonds is 2. The second kappa shape index (κ2) is 4.52. The van der Waals surface area contributed by atoms with E-state index >= 15 is 0 Å². The van der Waals surface area contributed by atoms with Crippen molar-refractivity contribution in [3.63, 3.8) is 0 Å². The minimum atomic E-state index is -1.03. The minimum absolute atomic E-state index is 0.187. The van der Waals surface area contributed by atoms with Gasteiger partial charge in [-0.25, -0.2) is 8.78 Å². The Bertz CT molecular complexity index is 545. The molecule has 0 aliphatic carbocycles. The number of amides is 3. The van der Waals surface area contributed by atoms with Crippen LogP contribution in [-0.2, 0) is 9.59 Å². The smallest absolute Gasteiger partial charge is 0.254 e. The molecule has 1 saturated heterocycles. The lowest BCUT2D eigenvalue weighted by Crippen LogP contribution is -2.40. The molecule has 0 aromatic heterocycles. The maximum absolute atomic E-state index is 13.3. The lowest BCUT2D eigenvalue weighted by Gasteiger charge is -2.09. The standard InChI is InChI=1S/C11H8F2N2O3/c12-5-1-2-6(7(13)3-5)10(17)14-8-4-9(16)15-11(8)18/h1-3,8H,4H2,(H,14,17)(H,15,16,18). The molecule has 1 unspecified atom stereocenters. The summed E-state index contributed by atoms with van der Waals surface area (Å²) < 4.78 is 25.9. The molecule has 7 heteroatoms. The molecule has 0 radical (unpaired) electrons. The highest BCUT2D eigenvalue weighted by atomic mass is 19.1. The molecule has 0 saturated carbocycles. The third-order valence-electron chi connectivity index (χ3n) is 2.45. The fourth-order valence-electron chi connectivity index (χ4n) is 1.58. The van der Waals surface area contributed by atoms with Gasteiger partial charge in [0.15, 0.2) is 0 Å². The number of imide groups is 1. The maximum Gasteiger partial charge on any atom is 0.254 e. The first kappa shape index (κ1) is 12.2. The summed E-state index contributed by atoms with van der Waals surface area (Å²) in [4.78, 5) is 33.7. The molecule has 94 valence electrons. The van der Waals surface area contributed by atoms with Crippen LogP contribution in [0.1, 0.15) is 16.8 Å². The minimum Gasteiger partial charge on any atom is -0.340 e. The number of benzene rings is 1. The molecule has 1 aliphatic heterocycles. The molecule has 1 atom stereocenters. The third kappa shape index (κ3) is 2.34. The number of carbonyl (C=O) groups excluding carboxylic acids is 3. The van der Waals surface area contributed by atoms with Gasteiger partial charge in [-0.15, -0.1) is 0 Å². The molecule has 2 rings (SSSR count). The van der Waals surface area contributed by atoms with Crippen molar-refractivity contribution in [3.8, 4) is 0 Å². The highest BCUT2D eigenvalue weighted by molar-refractivity contribution is 6.08. The molecule has 0 bridgehead atoms. The van der Waals surface area contributed by atoms with Gasteiger partial charge in [-0.2, -0.15) is 0 Å². The second-order valence-electron chi connectivity index (χ2n) is 3.77. The van der Waals surface area contributed by atoms with Gasteiger partial charge in [0.25, 0.3) is 5.91 Å². The zero-order chi connectivity index (χ0) is 13.3. The SMILES string of the molecule is O=C1CC(NC(=O)c2ccc(F)cc2F)C(=O)N1. The Morgan fingerprint density at radius 1 is 1.33 bits per heavy atom. The Hall–Kier alpha value is -2.31. The Balaban J connectivity index is 2.13. The van der Waals surface area contributed by atoms with E-state index < -0.39 is 35.4 Å². The first-order valence-corrected chi connectivity index (χ1v) is 5.07.